The van der Waals surface area contributed by atoms with Gasteiger partial charge in [-0.15, -0.1) is 0 Å². The second-order valence-corrected chi connectivity index (χ2v) is 60.0. The van der Waals surface area contributed by atoms with E-state index in [0.717, 1.165) is 12.8 Å². The second kappa shape index (κ2) is 14.3. The van der Waals surface area contributed by atoms with Gasteiger partial charge >= 0.3 is 325 Å². The van der Waals surface area contributed by atoms with Crippen LogP contribution in [0.1, 0.15) is 120 Å². The summed E-state index contributed by atoms with van der Waals surface area (Å²) in [6.45, 7) is 9.95. The van der Waals surface area contributed by atoms with Crippen molar-refractivity contribution in [3.63, 3.8) is 0 Å². The van der Waals surface area contributed by atoms with E-state index >= 15 is 0 Å². The van der Waals surface area contributed by atoms with Gasteiger partial charge in [0.1, 0.15) is 0 Å². The molecule has 0 heterocycles. The van der Waals surface area contributed by atoms with Gasteiger partial charge in [-0.2, -0.15) is 0 Å². The minimum atomic E-state index is -5.00. The average molecular weight is 824 g/mol. The molecule has 0 radical (unpaired) electrons. The van der Waals surface area contributed by atoms with Crippen molar-refractivity contribution in [1.82, 2.24) is 0 Å². The molecule has 2 atom stereocenters. The summed E-state index contributed by atoms with van der Waals surface area (Å²) >= 11 is -5.00. The fourth-order valence-corrected chi connectivity index (χ4v) is 42.8. The first-order valence-corrected chi connectivity index (χ1v) is 36.8. The summed E-state index contributed by atoms with van der Waals surface area (Å²) in [7, 11) is 18.2. The third-order valence-corrected chi connectivity index (χ3v) is 66.5. The van der Waals surface area contributed by atoms with Gasteiger partial charge in [-0.25, -0.2) is 0 Å². The van der Waals surface area contributed by atoms with E-state index in [1.807, 2.05) is 0 Å². The van der Waals surface area contributed by atoms with E-state index in [1.165, 1.54) is 109 Å². The molecule has 2 saturated carbocycles. The van der Waals surface area contributed by atoms with Gasteiger partial charge in [0, 0.05) is 0 Å². The molecule has 0 saturated heterocycles. The first kappa shape index (κ1) is 37.0. The first-order chi connectivity index (χ1) is 25.1. The molecule has 2 unspecified atom stereocenters. The number of benzene rings is 4. The maximum atomic E-state index is 9.09. The predicted octanol–water partition coefficient (Wildman–Crippen LogP) is 15.3. The molecule has 52 heavy (non-hydrogen) atoms. The zero-order valence-corrected chi connectivity index (χ0v) is 37.0. The summed E-state index contributed by atoms with van der Waals surface area (Å²) in [6, 6.07) is 36.2. The molecule has 4 aliphatic rings. The van der Waals surface area contributed by atoms with Gasteiger partial charge in [-0.3, -0.25) is 0 Å². The van der Waals surface area contributed by atoms with E-state index in [9.17, 15) is 0 Å². The molecule has 0 bridgehead atoms. The van der Waals surface area contributed by atoms with E-state index < -0.39 is 21.5 Å². The Kier molecular flexibility index (Phi) is 10.2. The number of allylic oxidation sites excluding steroid dienone is 2. The zero-order valence-electron chi connectivity index (χ0n) is 31.9. The molecule has 0 aliphatic heterocycles. The molecule has 8 rings (SSSR count). The molecule has 4 aliphatic carbocycles. The van der Waals surface area contributed by atoms with Gasteiger partial charge in [-0.1, -0.05) is 0 Å². The Hall–Kier alpha value is -1.96. The van der Waals surface area contributed by atoms with Crippen LogP contribution in [0.3, 0.4) is 0 Å². The van der Waals surface area contributed by atoms with Crippen molar-refractivity contribution >= 4 is 35.1 Å². The summed E-state index contributed by atoms with van der Waals surface area (Å²) in [5.41, 5.74) is 14.7. The fourth-order valence-electron chi connectivity index (χ4n) is 11.5. The summed E-state index contributed by atoms with van der Waals surface area (Å²) < 4.78 is 0.250. The van der Waals surface area contributed by atoms with Crippen LogP contribution in [0.4, 0.5) is 0 Å². The van der Waals surface area contributed by atoms with E-state index in [-0.39, 0.29) is 7.25 Å². The molecule has 4 aromatic carbocycles. The molecule has 0 nitrogen and oxygen atoms in total. The van der Waals surface area contributed by atoms with Crippen LogP contribution in [0.2, 0.25) is 13.1 Å². The molecule has 271 valence electrons. The molecular weight excluding hydrogens is 767 g/mol. The first-order valence-electron chi connectivity index (χ1n) is 20.5. The SMILES string of the molecule is CCC1(CC2=Cc3c(-c4ccccc4)cccc3[CH]2[Zr]([Cl])([Cl])([CH]2C(CC3(CC)CCCC3)=Cc3c(-c4ccccc4)cccc32)[SiH](C)C)CCCC1. The monoisotopic (exact) mass is 821 g/mol. The van der Waals surface area contributed by atoms with Gasteiger partial charge < -0.3 is 0 Å². The normalized spacial score (nSPS) is 22.5. The van der Waals surface area contributed by atoms with Crippen molar-refractivity contribution in [3.05, 3.63) is 130 Å². The van der Waals surface area contributed by atoms with Gasteiger partial charge in [0.25, 0.3) is 0 Å². The van der Waals surface area contributed by atoms with Crippen molar-refractivity contribution in [2.45, 2.75) is 111 Å². The Labute approximate surface area is 322 Å². The van der Waals surface area contributed by atoms with Gasteiger partial charge in [0.05, 0.1) is 0 Å². The van der Waals surface area contributed by atoms with Crippen molar-refractivity contribution in [2.75, 3.05) is 0 Å². The number of fused-ring (bicyclic) bond motifs is 2. The maximum absolute atomic E-state index is 9.09. The van der Waals surface area contributed by atoms with E-state index in [0.29, 0.717) is 10.8 Å². The topological polar surface area (TPSA) is 0 Å². The van der Waals surface area contributed by atoms with Crippen LogP contribution in [0.25, 0.3) is 34.4 Å². The summed E-state index contributed by atoms with van der Waals surface area (Å²) in [5.74, 6) is -1.69. The van der Waals surface area contributed by atoms with Gasteiger partial charge in [-0.05, 0) is 0 Å². The Morgan fingerprint density at radius 1 is 0.558 bits per heavy atom. The van der Waals surface area contributed by atoms with Crippen molar-refractivity contribution in [1.29, 1.82) is 0 Å². The van der Waals surface area contributed by atoms with E-state index in [4.69, 9.17) is 17.0 Å². The average Bonchev–Trinajstić information content (AvgIpc) is 3.98. The van der Waals surface area contributed by atoms with Crippen molar-refractivity contribution < 1.29 is 15.6 Å². The fraction of sp³-hybridized carbons (Fsp3) is 0.417. The number of halogens is 2. The Balaban J connectivity index is 1.37. The number of rotatable bonds is 11. The standard InChI is InChI=1S/2C23H25.C2H7Si.2ClH.Zr/c2*1-2-23(13-6-7-14-23)17-18-15-20-11-8-12-21(22(20)16-18)19-9-4-3-5-10-19;1-3-2;;;/h2*3-5,8-12,15-16H,2,6-7,13-14,17H2,1H3;3H,1-2H3;2*1H;/q;;;;;+2/p-2. The Bertz CT molecular complexity index is 1860. The molecule has 4 heteroatoms. The summed E-state index contributed by atoms with van der Waals surface area (Å²) in [4.78, 5) is 0. The molecule has 4 aromatic rings. The summed E-state index contributed by atoms with van der Waals surface area (Å²) in [5, 5.41) is 0. The van der Waals surface area contributed by atoms with E-state index in [2.05, 4.69) is 136 Å². The van der Waals surface area contributed by atoms with Crippen LogP contribution < -0.4 is 0 Å². The molecule has 2 fully saturated rings. The molecule has 0 aromatic heterocycles. The van der Waals surface area contributed by atoms with Gasteiger partial charge in [0.15, 0.2) is 0 Å². The number of hydrogen-bond acceptors (Lipinski definition) is 0. The van der Waals surface area contributed by atoms with Crippen LogP contribution in [-0.4, -0.2) is 5.92 Å². The van der Waals surface area contributed by atoms with Crippen LogP contribution >= 0.6 is 17.0 Å². The third kappa shape index (κ3) is 6.10. The minimum absolute atomic E-state index is 0.125. The molecule has 0 N–H and O–H groups in total. The molecule has 0 spiro atoms. The van der Waals surface area contributed by atoms with Crippen molar-refractivity contribution in [3.8, 4) is 22.3 Å². The number of hydrogen-bond donors (Lipinski definition) is 0. The zero-order chi connectivity index (χ0) is 36.2. The predicted molar refractivity (Wildman–Crippen MR) is 227 cm³/mol. The van der Waals surface area contributed by atoms with Crippen LogP contribution in [-0.2, 0) is 15.6 Å². The molecule has 0 amide bonds. The quantitative estimate of drug-likeness (QED) is 0.132. The van der Waals surface area contributed by atoms with Crippen LogP contribution in [0.5, 0.6) is 0 Å². The summed E-state index contributed by atoms with van der Waals surface area (Å²) in [6.07, 6.45) is 20.6. The Morgan fingerprint density at radius 3 is 1.29 bits per heavy atom. The third-order valence-electron chi connectivity index (χ3n) is 14.7. The van der Waals surface area contributed by atoms with Crippen LogP contribution in [0.15, 0.2) is 108 Å². The van der Waals surface area contributed by atoms with Gasteiger partial charge in [0.2, 0.25) is 0 Å². The Morgan fingerprint density at radius 2 is 0.942 bits per heavy atom. The molecular formula is C48H57Cl2SiZr. The van der Waals surface area contributed by atoms with Crippen molar-refractivity contribution in [2.24, 2.45) is 10.8 Å². The van der Waals surface area contributed by atoms with E-state index in [1.54, 1.807) is 11.1 Å². The second-order valence-electron chi connectivity index (χ2n) is 17.5. The van der Waals surface area contributed by atoms with Crippen LogP contribution in [0, 0.1) is 10.8 Å².